The van der Waals surface area contributed by atoms with E-state index in [2.05, 4.69) is 26.2 Å². The Hall–Kier alpha value is -1.94. The number of ketones is 1. The number of carbonyl (C=O) groups excluding carboxylic acids is 1. The number of nitrogens with zero attached hydrogens (tertiary/aromatic N) is 1. The zero-order valence-electron chi connectivity index (χ0n) is 10.4. The first-order valence-corrected chi connectivity index (χ1v) is 6.61. The third-order valence-electron chi connectivity index (χ3n) is 2.59. The predicted molar refractivity (Wildman–Crippen MR) is 80.2 cm³/mol. The molecule has 0 unspecified atom stereocenters. The van der Waals surface area contributed by atoms with Gasteiger partial charge in [0.2, 0.25) is 0 Å². The average Bonchev–Trinajstić information content (AvgIpc) is 2.41. The third kappa shape index (κ3) is 3.76. The minimum absolute atomic E-state index is 0.0476. The van der Waals surface area contributed by atoms with Crippen molar-refractivity contribution in [3.05, 3.63) is 70.5 Å². The second-order valence-electron chi connectivity index (χ2n) is 4.02. The lowest BCUT2D eigenvalue weighted by Gasteiger charge is -2.02. The number of anilines is 1. The van der Waals surface area contributed by atoms with Crippen molar-refractivity contribution in [2.24, 2.45) is 0 Å². The topological polar surface area (TPSA) is 42.0 Å². The van der Waals surface area contributed by atoms with E-state index in [0.29, 0.717) is 5.56 Å². The highest BCUT2D eigenvalue weighted by Gasteiger charge is 2.01. The molecular formula is C15H13BrN2O. The summed E-state index contributed by atoms with van der Waals surface area (Å²) < 4.78 is 0.954. The number of hydrogen-bond donors (Lipinski definition) is 1. The highest BCUT2D eigenvalue weighted by molar-refractivity contribution is 9.10. The fraction of sp³-hybridized carbons (Fsp3) is 0.0667. The maximum atomic E-state index is 11.9. The van der Waals surface area contributed by atoms with Crippen molar-refractivity contribution >= 4 is 27.5 Å². The maximum absolute atomic E-state index is 11.9. The maximum Gasteiger partial charge on any atom is 0.187 e. The van der Waals surface area contributed by atoms with E-state index in [1.54, 1.807) is 24.5 Å². The summed E-state index contributed by atoms with van der Waals surface area (Å²) in [5, 5.41) is 3.00. The van der Waals surface area contributed by atoms with Gasteiger partial charge in [-0.2, -0.15) is 0 Å². The monoisotopic (exact) mass is 316 g/mol. The summed E-state index contributed by atoms with van der Waals surface area (Å²) in [4.78, 5) is 16.0. The molecule has 4 heteroatoms. The van der Waals surface area contributed by atoms with Crippen molar-refractivity contribution in [1.82, 2.24) is 4.98 Å². The molecule has 1 N–H and O–H groups in total. The van der Waals surface area contributed by atoms with Gasteiger partial charge in [0, 0.05) is 28.5 Å². The number of allylic oxidation sites excluding steroid dienone is 1. The van der Waals surface area contributed by atoms with E-state index >= 15 is 0 Å². The molecule has 0 fully saturated rings. The zero-order chi connectivity index (χ0) is 13.7. The minimum atomic E-state index is -0.0476. The van der Waals surface area contributed by atoms with E-state index < -0.39 is 0 Å². The lowest BCUT2D eigenvalue weighted by molar-refractivity contribution is 0.104. The van der Waals surface area contributed by atoms with Crippen LogP contribution in [0.15, 0.2) is 59.3 Å². The first kappa shape index (κ1) is 13.5. The van der Waals surface area contributed by atoms with E-state index in [1.807, 2.05) is 31.2 Å². The normalized spacial score (nSPS) is 10.6. The van der Waals surface area contributed by atoms with Crippen molar-refractivity contribution in [3.63, 3.8) is 0 Å². The lowest BCUT2D eigenvalue weighted by Crippen LogP contribution is -1.98. The molecule has 0 aliphatic carbocycles. The summed E-state index contributed by atoms with van der Waals surface area (Å²) in [7, 11) is 0. The van der Waals surface area contributed by atoms with Crippen molar-refractivity contribution in [2.75, 3.05) is 5.32 Å². The Morgan fingerprint density at radius 2 is 2.00 bits per heavy atom. The first-order chi connectivity index (χ1) is 9.16. The molecule has 19 heavy (non-hydrogen) atoms. The summed E-state index contributed by atoms with van der Waals surface area (Å²) in [6, 6.07) is 11.1. The molecule has 0 saturated carbocycles. The van der Waals surface area contributed by atoms with Gasteiger partial charge in [-0.15, -0.1) is 0 Å². The van der Waals surface area contributed by atoms with E-state index in [1.165, 1.54) is 6.08 Å². The number of pyridine rings is 1. The van der Waals surface area contributed by atoms with Crippen LogP contribution in [0.25, 0.3) is 0 Å². The van der Waals surface area contributed by atoms with Crippen molar-refractivity contribution in [3.8, 4) is 0 Å². The van der Waals surface area contributed by atoms with E-state index in [9.17, 15) is 4.79 Å². The van der Waals surface area contributed by atoms with Gasteiger partial charge >= 0.3 is 0 Å². The van der Waals surface area contributed by atoms with Crippen LogP contribution in [0.3, 0.4) is 0 Å². The Morgan fingerprint density at radius 1 is 1.26 bits per heavy atom. The number of hydrogen-bond acceptors (Lipinski definition) is 3. The standard InChI is InChI=1S/C15H13BrN2O/c1-11-3-2-9-17-15(11)18-10-8-14(19)12-4-6-13(16)7-5-12/h2-10H,1H3,(H,17,18). The number of benzene rings is 1. The Kier molecular flexibility index (Phi) is 4.47. The predicted octanol–water partition coefficient (Wildman–Crippen LogP) is 3.96. The molecule has 0 aliphatic rings. The molecule has 0 bridgehead atoms. The molecule has 0 saturated heterocycles. The van der Waals surface area contributed by atoms with Gasteiger partial charge in [-0.25, -0.2) is 4.98 Å². The molecule has 1 heterocycles. The van der Waals surface area contributed by atoms with Crippen LogP contribution < -0.4 is 5.32 Å². The van der Waals surface area contributed by atoms with Crippen LogP contribution in [0.5, 0.6) is 0 Å². The Bertz CT molecular complexity index is 606. The van der Waals surface area contributed by atoms with E-state index in [4.69, 9.17) is 0 Å². The van der Waals surface area contributed by atoms with Gasteiger partial charge in [-0.3, -0.25) is 4.79 Å². The van der Waals surface area contributed by atoms with E-state index in [-0.39, 0.29) is 5.78 Å². The minimum Gasteiger partial charge on any atom is -0.346 e. The summed E-state index contributed by atoms with van der Waals surface area (Å²) in [5.74, 6) is 0.705. The molecule has 3 nitrogen and oxygen atoms in total. The van der Waals surface area contributed by atoms with Crippen LogP contribution in [-0.4, -0.2) is 10.8 Å². The summed E-state index contributed by atoms with van der Waals surface area (Å²) in [6.07, 6.45) is 4.82. The van der Waals surface area contributed by atoms with Crippen molar-refractivity contribution in [1.29, 1.82) is 0 Å². The number of carbonyl (C=O) groups is 1. The van der Waals surface area contributed by atoms with Crippen LogP contribution in [0.1, 0.15) is 15.9 Å². The second kappa shape index (κ2) is 6.29. The Balaban J connectivity index is 2.01. The smallest absolute Gasteiger partial charge is 0.187 e. The summed E-state index contributed by atoms with van der Waals surface area (Å²) >= 11 is 3.34. The number of nitrogens with one attached hydrogen (secondary N) is 1. The Labute approximate surface area is 120 Å². The van der Waals surface area contributed by atoms with Gasteiger partial charge in [-0.05, 0) is 42.8 Å². The number of rotatable bonds is 4. The second-order valence-corrected chi connectivity index (χ2v) is 4.93. The average molecular weight is 317 g/mol. The molecule has 0 atom stereocenters. The van der Waals surface area contributed by atoms with Gasteiger partial charge in [0.05, 0.1) is 0 Å². The molecule has 1 aromatic heterocycles. The van der Waals surface area contributed by atoms with Crippen LogP contribution in [-0.2, 0) is 0 Å². The highest BCUT2D eigenvalue weighted by Crippen LogP contribution is 2.12. The first-order valence-electron chi connectivity index (χ1n) is 5.81. The van der Waals surface area contributed by atoms with Crippen LogP contribution >= 0.6 is 15.9 Å². The highest BCUT2D eigenvalue weighted by atomic mass is 79.9. The van der Waals surface area contributed by atoms with Gasteiger partial charge in [0.1, 0.15) is 5.82 Å². The lowest BCUT2D eigenvalue weighted by atomic mass is 10.1. The van der Waals surface area contributed by atoms with E-state index in [0.717, 1.165) is 15.9 Å². The van der Waals surface area contributed by atoms with Crippen LogP contribution in [0.2, 0.25) is 0 Å². The molecule has 0 radical (unpaired) electrons. The van der Waals surface area contributed by atoms with Crippen molar-refractivity contribution < 1.29 is 4.79 Å². The molecule has 0 amide bonds. The SMILES string of the molecule is Cc1cccnc1NC=CC(=O)c1ccc(Br)cc1. The van der Waals surface area contributed by atoms with Gasteiger partial charge in [-0.1, -0.05) is 22.0 Å². The summed E-state index contributed by atoms with van der Waals surface area (Å²) in [6.45, 7) is 1.96. The molecule has 2 rings (SSSR count). The zero-order valence-corrected chi connectivity index (χ0v) is 12.0. The van der Waals surface area contributed by atoms with Gasteiger partial charge < -0.3 is 5.32 Å². The molecule has 1 aromatic carbocycles. The van der Waals surface area contributed by atoms with Crippen LogP contribution in [0, 0.1) is 6.92 Å². The fourth-order valence-corrected chi connectivity index (χ4v) is 1.81. The summed E-state index contributed by atoms with van der Waals surface area (Å²) in [5.41, 5.74) is 1.68. The molecule has 2 aromatic rings. The molecule has 96 valence electrons. The largest absolute Gasteiger partial charge is 0.346 e. The number of aromatic nitrogens is 1. The Morgan fingerprint density at radius 3 is 2.68 bits per heavy atom. The quantitative estimate of drug-likeness (QED) is 0.685. The van der Waals surface area contributed by atoms with Gasteiger partial charge in [0.15, 0.2) is 5.78 Å². The number of aryl methyl sites for hydroxylation is 1. The van der Waals surface area contributed by atoms with Crippen molar-refractivity contribution in [2.45, 2.75) is 6.92 Å². The molecule has 0 aliphatic heterocycles. The number of halogens is 1. The third-order valence-corrected chi connectivity index (χ3v) is 3.12. The fourth-order valence-electron chi connectivity index (χ4n) is 1.54. The molecule has 0 spiro atoms. The van der Waals surface area contributed by atoms with Crippen LogP contribution in [0.4, 0.5) is 5.82 Å². The van der Waals surface area contributed by atoms with Gasteiger partial charge in [0.25, 0.3) is 0 Å². The molecular weight excluding hydrogens is 304 g/mol.